The number of aromatic nitrogens is 2. The molecular formula is C21H25N5OS. The number of nitrogens with one attached hydrogen (secondary N) is 1. The number of carbonyl (C=O) groups is 1. The highest BCUT2D eigenvalue weighted by Gasteiger charge is 2.24. The molecular weight excluding hydrogens is 370 g/mol. The van der Waals surface area contributed by atoms with Gasteiger partial charge in [-0.1, -0.05) is 18.2 Å². The molecule has 0 saturated carbocycles. The Kier molecular flexibility index (Phi) is 5.17. The number of amides is 1. The molecule has 0 aliphatic carbocycles. The Balaban J connectivity index is 1.59. The summed E-state index contributed by atoms with van der Waals surface area (Å²) < 4.78 is 0. The van der Waals surface area contributed by atoms with Crippen molar-refractivity contribution in [3.63, 3.8) is 0 Å². The van der Waals surface area contributed by atoms with Gasteiger partial charge in [-0.2, -0.15) is 0 Å². The van der Waals surface area contributed by atoms with Gasteiger partial charge in [0.15, 0.2) is 0 Å². The maximum atomic E-state index is 12.6. The van der Waals surface area contributed by atoms with E-state index in [9.17, 15) is 4.79 Å². The number of nitrogens with zero attached hydrogens (tertiary/aromatic N) is 4. The lowest BCUT2D eigenvalue weighted by Gasteiger charge is -2.37. The number of thiophene rings is 1. The van der Waals surface area contributed by atoms with E-state index in [4.69, 9.17) is 0 Å². The minimum Gasteiger partial charge on any atom is -0.368 e. The van der Waals surface area contributed by atoms with E-state index in [-0.39, 0.29) is 11.9 Å². The fraction of sp³-hybridized carbons (Fsp3) is 0.381. The van der Waals surface area contributed by atoms with Gasteiger partial charge in [-0.3, -0.25) is 4.79 Å². The molecule has 1 fully saturated rings. The molecule has 0 unspecified atom stereocenters. The van der Waals surface area contributed by atoms with Crippen molar-refractivity contribution in [1.82, 2.24) is 15.3 Å². The van der Waals surface area contributed by atoms with Crippen LogP contribution >= 0.6 is 11.3 Å². The van der Waals surface area contributed by atoms with Crippen LogP contribution in [0, 0.1) is 6.92 Å². The van der Waals surface area contributed by atoms with Gasteiger partial charge >= 0.3 is 0 Å². The van der Waals surface area contributed by atoms with Crippen LogP contribution in [-0.2, 0) is 0 Å². The molecule has 1 N–H and O–H groups in total. The summed E-state index contributed by atoms with van der Waals surface area (Å²) in [7, 11) is 0. The van der Waals surface area contributed by atoms with Crippen LogP contribution in [0.2, 0.25) is 0 Å². The minimum atomic E-state index is -0.0321. The van der Waals surface area contributed by atoms with Gasteiger partial charge in [-0.25, -0.2) is 9.97 Å². The number of benzene rings is 1. The summed E-state index contributed by atoms with van der Waals surface area (Å²) in [4.78, 5) is 27.9. The Morgan fingerprint density at radius 1 is 1.07 bits per heavy atom. The van der Waals surface area contributed by atoms with Crippen molar-refractivity contribution in [2.75, 3.05) is 36.0 Å². The number of piperazine rings is 1. The Labute approximate surface area is 169 Å². The molecule has 2 aromatic heterocycles. The zero-order chi connectivity index (χ0) is 19.7. The van der Waals surface area contributed by atoms with Crippen LogP contribution in [0.3, 0.4) is 0 Å². The number of rotatable bonds is 4. The maximum Gasteiger partial charge on any atom is 0.261 e. The molecule has 1 saturated heterocycles. The summed E-state index contributed by atoms with van der Waals surface area (Å²) in [5.74, 6) is 0.908. The smallest absolute Gasteiger partial charge is 0.261 e. The largest absolute Gasteiger partial charge is 0.368 e. The highest BCUT2D eigenvalue weighted by atomic mass is 32.1. The molecule has 0 radical (unpaired) electrons. The number of anilines is 2. The summed E-state index contributed by atoms with van der Waals surface area (Å²) in [5, 5.41) is 4.00. The lowest BCUT2D eigenvalue weighted by Crippen LogP contribution is -2.46. The van der Waals surface area contributed by atoms with Crippen LogP contribution in [0.1, 0.15) is 29.1 Å². The minimum absolute atomic E-state index is 0.0321. The first-order valence-electron chi connectivity index (χ1n) is 9.64. The highest BCUT2D eigenvalue weighted by Crippen LogP contribution is 2.35. The average Bonchev–Trinajstić information content (AvgIpc) is 3.05. The third kappa shape index (κ3) is 3.54. The predicted octanol–water partition coefficient (Wildman–Crippen LogP) is 3.46. The zero-order valence-corrected chi connectivity index (χ0v) is 17.3. The van der Waals surface area contributed by atoms with Crippen LogP contribution in [0.5, 0.6) is 0 Å². The number of hydrogen-bond acceptors (Lipinski definition) is 6. The lowest BCUT2D eigenvalue weighted by atomic mass is 10.1. The molecule has 0 spiro atoms. The third-order valence-electron chi connectivity index (χ3n) is 5.03. The topological polar surface area (TPSA) is 61.4 Å². The van der Waals surface area contributed by atoms with Crippen LogP contribution < -0.4 is 15.1 Å². The first kappa shape index (κ1) is 18.7. The fourth-order valence-corrected chi connectivity index (χ4v) is 4.70. The summed E-state index contributed by atoms with van der Waals surface area (Å²) in [6.07, 6.45) is 1.61. The van der Waals surface area contributed by atoms with E-state index in [0.717, 1.165) is 52.7 Å². The number of carbonyl (C=O) groups excluding carboxylic acids is 1. The van der Waals surface area contributed by atoms with E-state index in [0.29, 0.717) is 0 Å². The van der Waals surface area contributed by atoms with Crippen molar-refractivity contribution in [2.45, 2.75) is 26.8 Å². The monoisotopic (exact) mass is 395 g/mol. The molecule has 4 rings (SSSR count). The molecule has 7 heteroatoms. The molecule has 3 heterocycles. The van der Waals surface area contributed by atoms with Crippen molar-refractivity contribution in [1.29, 1.82) is 0 Å². The van der Waals surface area contributed by atoms with E-state index >= 15 is 0 Å². The van der Waals surface area contributed by atoms with Crippen molar-refractivity contribution in [3.8, 4) is 0 Å². The summed E-state index contributed by atoms with van der Waals surface area (Å²) in [6, 6.07) is 10.6. The second-order valence-electron chi connectivity index (χ2n) is 7.37. The van der Waals surface area contributed by atoms with E-state index < -0.39 is 0 Å². The molecule has 1 amide bonds. The van der Waals surface area contributed by atoms with Gasteiger partial charge in [0, 0.05) is 37.9 Å². The van der Waals surface area contributed by atoms with Crippen molar-refractivity contribution >= 4 is 39.0 Å². The highest BCUT2D eigenvalue weighted by molar-refractivity contribution is 7.20. The van der Waals surface area contributed by atoms with E-state index in [1.54, 1.807) is 6.33 Å². The summed E-state index contributed by atoms with van der Waals surface area (Å²) in [5.41, 5.74) is 2.23. The molecule has 146 valence electrons. The van der Waals surface area contributed by atoms with Gasteiger partial charge in [0.25, 0.3) is 5.91 Å². The molecule has 1 aliphatic heterocycles. The van der Waals surface area contributed by atoms with Crippen molar-refractivity contribution in [2.24, 2.45) is 0 Å². The Morgan fingerprint density at radius 3 is 2.43 bits per heavy atom. The predicted molar refractivity (Wildman–Crippen MR) is 116 cm³/mol. The molecule has 3 aromatic rings. The van der Waals surface area contributed by atoms with Crippen LogP contribution in [0.25, 0.3) is 10.2 Å². The average molecular weight is 396 g/mol. The SMILES string of the molecule is Cc1c(C(=O)NC(C)C)sc2ncnc(N3CCN(c4ccccc4)CC3)c12. The van der Waals surface area contributed by atoms with Crippen LogP contribution in [0.15, 0.2) is 36.7 Å². The number of hydrogen-bond donors (Lipinski definition) is 1. The first-order chi connectivity index (χ1) is 13.5. The molecule has 0 bridgehead atoms. The van der Waals surface area contributed by atoms with Gasteiger partial charge in [-0.15, -0.1) is 11.3 Å². The number of aryl methyl sites for hydroxylation is 1. The summed E-state index contributed by atoms with van der Waals surface area (Å²) in [6.45, 7) is 9.61. The third-order valence-corrected chi connectivity index (χ3v) is 6.23. The van der Waals surface area contributed by atoms with Gasteiger partial charge in [0.1, 0.15) is 17.0 Å². The number of fused-ring (bicyclic) bond motifs is 1. The number of para-hydroxylation sites is 1. The van der Waals surface area contributed by atoms with Gasteiger partial charge in [0.05, 0.1) is 10.3 Å². The molecule has 28 heavy (non-hydrogen) atoms. The Bertz CT molecular complexity index is 977. The van der Waals surface area contributed by atoms with Gasteiger partial charge in [0.2, 0.25) is 0 Å². The lowest BCUT2D eigenvalue weighted by molar-refractivity contribution is 0.0947. The van der Waals surface area contributed by atoms with Gasteiger partial charge in [-0.05, 0) is 38.5 Å². The Hall–Kier alpha value is -2.67. The van der Waals surface area contributed by atoms with Crippen molar-refractivity contribution in [3.05, 3.63) is 47.1 Å². The quantitative estimate of drug-likeness (QED) is 0.733. The van der Waals surface area contributed by atoms with E-state index in [1.165, 1.54) is 17.0 Å². The van der Waals surface area contributed by atoms with Gasteiger partial charge < -0.3 is 15.1 Å². The van der Waals surface area contributed by atoms with E-state index in [2.05, 4.69) is 49.4 Å². The molecule has 1 aromatic carbocycles. The second-order valence-corrected chi connectivity index (χ2v) is 8.37. The van der Waals surface area contributed by atoms with Crippen LogP contribution in [0.4, 0.5) is 11.5 Å². The van der Waals surface area contributed by atoms with Crippen molar-refractivity contribution < 1.29 is 4.79 Å². The molecule has 1 aliphatic rings. The van der Waals surface area contributed by atoms with E-state index in [1.807, 2.05) is 26.8 Å². The molecule has 0 atom stereocenters. The first-order valence-corrected chi connectivity index (χ1v) is 10.5. The summed E-state index contributed by atoms with van der Waals surface area (Å²) >= 11 is 1.45. The zero-order valence-electron chi connectivity index (χ0n) is 16.5. The molecule has 6 nitrogen and oxygen atoms in total. The maximum absolute atomic E-state index is 12.6. The second kappa shape index (κ2) is 7.75. The normalized spacial score (nSPS) is 14.7. The standard InChI is InChI=1S/C21H25N5OS/c1-14(2)24-20(27)18-15(3)17-19(22-13-23-21(17)28-18)26-11-9-25(10-12-26)16-7-5-4-6-8-16/h4-8,13-14H,9-12H2,1-3H3,(H,24,27). The van der Waals surface area contributed by atoms with Crippen LogP contribution in [-0.4, -0.2) is 48.1 Å². The fourth-order valence-electron chi connectivity index (χ4n) is 3.65. The Morgan fingerprint density at radius 2 is 1.75 bits per heavy atom.